The molecule has 4 aromatic rings. The van der Waals surface area contributed by atoms with Crippen LogP contribution in [0.4, 0.5) is 5.82 Å². The van der Waals surface area contributed by atoms with Crippen molar-refractivity contribution in [1.29, 1.82) is 0 Å². The van der Waals surface area contributed by atoms with Gasteiger partial charge in [0.1, 0.15) is 23.5 Å². The van der Waals surface area contributed by atoms with Crippen LogP contribution in [0.25, 0.3) is 22.1 Å². The third-order valence-electron chi connectivity index (χ3n) is 4.00. The number of aryl methyl sites for hydroxylation is 1. The molecule has 0 atom stereocenters. The lowest BCUT2D eigenvalue weighted by Gasteiger charge is -2.12. The van der Waals surface area contributed by atoms with Crippen molar-refractivity contribution in [1.82, 2.24) is 24.5 Å². The molecule has 7 nitrogen and oxygen atoms in total. The van der Waals surface area contributed by atoms with E-state index in [1.165, 1.54) is 6.33 Å². The summed E-state index contributed by atoms with van der Waals surface area (Å²) >= 11 is 0. The third-order valence-corrected chi connectivity index (χ3v) is 4.00. The van der Waals surface area contributed by atoms with Crippen molar-refractivity contribution in [2.24, 2.45) is 0 Å². The second-order valence-electron chi connectivity index (χ2n) is 5.53. The predicted molar refractivity (Wildman–Crippen MR) is 93.1 cm³/mol. The van der Waals surface area contributed by atoms with Crippen LogP contribution in [-0.2, 0) is 6.54 Å². The van der Waals surface area contributed by atoms with Crippen molar-refractivity contribution in [3.05, 3.63) is 58.9 Å². The zero-order valence-corrected chi connectivity index (χ0v) is 13.2. The molecule has 1 aromatic carbocycles. The highest BCUT2D eigenvalue weighted by atomic mass is 16.1. The molecule has 3 aromatic heterocycles. The topological polar surface area (TPSA) is 88.5 Å². The molecule has 0 aliphatic carbocycles. The van der Waals surface area contributed by atoms with Gasteiger partial charge < -0.3 is 14.9 Å². The molecule has 0 saturated carbocycles. The van der Waals surface area contributed by atoms with Gasteiger partial charge in [-0.25, -0.2) is 15.0 Å². The molecule has 24 heavy (non-hydrogen) atoms. The minimum absolute atomic E-state index is 0.0648. The number of para-hydroxylation sites is 2. The molecule has 0 bridgehead atoms. The average Bonchev–Trinajstić information content (AvgIpc) is 3.08. The number of fused-ring (bicyclic) bond motifs is 2. The van der Waals surface area contributed by atoms with Gasteiger partial charge in [0.2, 0.25) is 0 Å². The average molecular weight is 320 g/mol. The third kappa shape index (κ3) is 2.40. The van der Waals surface area contributed by atoms with Crippen molar-refractivity contribution in [3.63, 3.8) is 0 Å². The Morgan fingerprint density at radius 3 is 3.00 bits per heavy atom. The van der Waals surface area contributed by atoms with Crippen molar-refractivity contribution < 1.29 is 0 Å². The van der Waals surface area contributed by atoms with E-state index in [0.29, 0.717) is 18.8 Å². The Bertz CT molecular complexity index is 1080. The number of benzene rings is 1. The summed E-state index contributed by atoms with van der Waals surface area (Å²) in [5.41, 5.74) is 2.89. The van der Waals surface area contributed by atoms with Gasteiger partial charge in [0.15, 0.2) is 0 Å². The molecule has 4 rings (SSSR count). The van der Waals surface area contributed by atoms with Crippen molar-refractivity contribution >= 4 is 27.9 Å². The Hall–Kier alpha value is -3.22. The Morgan fingerprint density at radius 2 is 2.08 bits per heavy atom. The first-order chi connectivity index (χ1) is 11.7. The lowest BCUT2D eigenvalue weighted by atomic mass is 10.2. The van der Waals surface area contributed by atoms with Gasteiger partial charge >= 0.3 is 0 Å². The Balaban J connectivity index is 1.62. The minimum atomic E-state index is -0.0648. The maximum Gasteiger partial charge on any atom is 0.272 e. The normalized spacial score (nSPS) is 11.2. The van der Waals surface area contributed by atoms with E-state index >= 15 is 0 Å². The number of hydrogen-bond donors (Lipinski definition) is 2. The molecule has 0 aliphatic heterocycles. The highest BCUT2D eigenvalue weighted by molar-refractivity contribution is 5.86. The summed E-state index contributed by atoms with van der Waals surface area (Å²) in [5.74, 6) is 0.754. The molecule has 0 spiro atoms. The maximum absolute atomic E-state index is 12.4. The van der Waals surface area contributed by atoms with E-state index in [9.17, 15) is 4.79 Å². The number of rotatable bonds is 4. The fourth-order valence-corrected chi connectivity index (χ4v) is 2.84. The van der Waals surface area contributed by atoms with Gasteiger partial charge in [0.25, 0.3) is 5.56 Å². The van der Waals surface area contributed by atoms with Crippen LogP contribution in [0.2, 0.25) is 0 Å². The summed E-state index contributed by atoms with van der Waals surface area (Å²) in [6.07, 6.45) is 3.34. The van der Waals surface area contributed by atoms with Gasteiger partial charge in [0.05, 0.1) is 16.4 Å². The van der Waals surface area contributed by atoms with Crippen LogP contribution in [-0.4, -0.2) is 31.0 Å². The molecule has 0 aliphatic rings. The van der Waals surface area contributed by atoms with Crippen LogP contribution < -0.4 is 10.9 Å². The largest absolute Gasteiger partial charge is 0.368 e. The van der Waals surface area contributed by atoms with Crippen LogP contribution in [0.1, 0.15) is 5.69 Å². The minimum Gasteiger partial charge on any atom is -0.368 e. The first-order valence-corrected chi connectivity index (χ1v) is 7.72. The van der Waals surface area contributed by atoms with E-state index in [0.717, 1.165) is 27.9 Å². The SMILES string of the molecule is Cc1nc2ccccc2n(CCNc2ncnc3[nH]ccc23)c1=O. The van der Waals surface area contributed by atoms with Crippen molar-refractivity contribution in [3.8, 4) is 0 Å². The van der Waals surface area contributed by atoms with Crippen LogP contribution in [0, 0.1) is 6.92 Å². The fourth-order valence-electron chi connectivity index (χ4n) is 2.84. The number of aromatic amines is 1. The van der Waals surface area contributed by atoms with Crippen LogP contribution >= 0.6 is 0 Å². The van der Waals surface area contributed by atoms with E-state index in [2.05, 4.69) is 25.3 Å². The zero-order chi connectivity index (χ0) is 16.5. The van der Waals surface area contributed by atoms with Gasteiger partial charge in [-0.15, -0.1) is 0 Å². The van der Waals surface area contributed by atoms with Gasteiger partial charge in [-0.1, -0.05) is 12.1 Å². The molecule has 0 radical (unpaired) electrons. The number of H-pyrrole nitrogens is 1. The van der Waals surface area contributed by atoms with Crippen LogP contribution in [0.15, 0.2) is 47.7 Å². The standard InChI is InChI=1S/C17H16N6O/c1-11-17(24)23(14-5-3-2-4-13(14)22-11)9-8-19-16-12-6-7-18-15(12)20-10-21-16/h2-7,10H,8-9H2,1H3,(H2,18,19,20,21). The molecular weight excluding hydrogens is 304 g/mol. The first-order valence-electron chi connectivity index (χ1n) is 7.72. The van der Waals surface area contributed by atoms with Gasteiger partial charge in [-0.3, -0.25) is 4.79 Å². The Kier molecular flexibility index (Phi) is 3.45. The predicted octanol–water partition coefficient (Wildman–Crippen LogP) is 2.09. The summed E-state index contributed by atoms with van der Waals surface area (Å²) in [7, 11) is 0. The smallest absolute Gasteiger partial charge is 0.272 e. The van der Waals surface area contributed by atoms with E-state index in [1.807, 2.05) is 36.5 Å². The molecule has 2 N–H and O–H groups in total. The summed E-state index contributed by atoms with van der Waals surface area (Å²) in [4.78, 5) is 28.3. The lowest BCUT2D eigenvalue weighted by Crippen LogP contribution is -2.27. The molecule has 0 fully saturated rings. The van der Waals surface area contributed by atoms with Gasteiger partial charge in [-0.05, 0) is 25.1 Å². The molecule has 0 amide bonds. The van der Waals surface area contributed by atoms with E-state index in [-0.39, 0.29) is 5.56 Å². The Labute approximate surface area is 137 Å². The highest BCUT2D eigenvalue weighted by Crippen LogP contribution is 2.17. The van der Waals surface area contributed by atoms with E-state index in [1.54, 1.807) is 11.5 Å². The summed E-state index contributed by atoms with van der Waals surface area (Å²) in [6.45, 7) is 2.84. The lowest BCUT2D eigenvalue weighted by molar-refractivity contribution is 0.713. The number of anilines is 1. The number of aromatic nitrogens is 5. The number of hydrogen-bond acceptors (Lipinski definition) is 5. The fraction of sp³-hybridized carbons (Fsp3) is 0.176. The quantitative estimate of drug-likeness (QED) is 0.601. The monoisotopic (exact) mass is 320 g/mol. The highest BCUT2D eigenvalue weighted by Gasteiger charge is 2.08. The van der Waals surface area contributed by atoms with Crippen molar-refractivity contribution in [2.45, 2.75) is 13.5 Å². The molecule has 120 valence electrons. The summed E-state index contributed by atoms with van der Waals surface area (Å²) in [5, 5.41) is 4.21. The second kappa shape index (κ2) is 5.77. The first kappa shape index (κ1) is 14.4. The molecule has 3 heterocycles. The van der Waals surface area contributed by atoms with E-state index in [4.69, 9.17) is 0 Å². The molecule has 7 heteroatoms. The summed E-state index contributed by atoms with van der Waals surface area (Å²) < 4.78 is 1.75. The molecular formula is C17H16N6O. The van der Waals surface area contributed by atoms with Crippen LogP contribution in [0.3, 0.4) is 0 Å². The van der Waals surface area contributed by atoms with Gasteiger partial charge in [-0.2, -0.15) is 0 Å². The van der Waals surface area contributed by atoms with Crippen molar-refractivity contribution in [2.75, 3.05) is 11.9 Å². The zero-order valence-electron chi connectivity index (χ0n) is 13.2. The maximum atomic E-state index is 12.4. The molecule has 0 unspecified atom stereocenters. The number of nitrogens with zero attached hydrogens (tertiary/aromatic N) is 4. The van der Waals surface area contributed by atoms with E-state index < -0.39 is 0 Å². The van der Waals surface area contributed by atoms with Crippen LogP contribution in [0.5, 0.6) is 0 Å². The van der Waals surface area contributed by atoms with Gasteiger partial charge in [0, 0.05) is 19.3 Å². The molecule has 0 saturated heterocycles. The number of nitrogens with one attached hydrogen (secondary N) is 2. The summed E-state index contributed by atoms with van der Waals surface area (Å²) in [6, 6.07) is 9.59. The second-order valence-corrected chi connectivity index (χ2v) is 5.53. The Morgan fingerprint density at radius 1 is 1.21 bits per heavy atom.